The van der Waals surface area contributed by atoms with Gasteiger partial charge >= 0.3 is 0 Å². The SMILES string of the molecule is C/C=C(\C=Nc1[nH]ccc1C)C(C)C. The summed E-state index contributed by atoms with van der Waals surface area (Å²) in [6.07, 6.45) is 5.95. The minimum atomic E-state index is 0.527. The number of allylic oxidation sites excluding steroid dienone is 2. The highest BCUT2D eigenvalue weighted by Crippen LogP contribution is 2.15. The lowest BCUT2D eigenvalue weighted by molar-refractivity contribution is 0.805. The molecule has 76 valence electrons. The van der Waals surface area contributed by atoms with Crippen molar-refractivity contribution in [1.82, 2.24) is 4.98 Å². The number of hydrogen-bond acceptors (Lipinski definition) is 1. The largest absolute Gasteiger partial charge is 0.346 e. The second-order valence-corrected chi connectivity index (χ2v) is 3.71. The van der Waals surface area contributed by atoms with Gasteiger partial charge in [0.05, 0.1) is 0 Å². The maximum Gasteiger partial charge on any atom is 0.132 e. The summed E-state index contributed by atoms with van der Waals surface area (Å²) in [7, 11) is 0. The van der Waals surface area contributed by atoms with Gasteiger partial charge in [0.1, 0.15) is 5.82 Å². The summed E-state index contributed by atoms with van der Waals surface area (Å²) in [6.45, 7) is 8.43. The van der Waals surface area contributed by atoms with Gasteiger partial charge in [-0.05, 0) is 37.0 Å². The average Bonchev–Trinajstić information content (AvgIpc) is 2.52. The molecule has 1 rings (SSSR count). The molecule has 0 radical (unpaired) electrons. The van der Waals surface area contributed by atoms with Crippen molar-refractivity contribution in [2.24, 2.45) is 10.9 Å². The molecule has 1 aromatic rings. The predicted molar refractivity (Wildman–Crippen MR) is 62.3 cm³/mol. The Labute approximate surface area is 85.8 Å². The van der Waals surface area contributed by atoms with Crippen LogP contribution in [0, 0.1) is 12.8 Å². The number of aromatic amines is 1. The van der Waals surface area contributed by atoms with E-state index >= 15 is 0 Å². The quantitative estimate of drug-likeness (QED) is 0.705. The van der Waals surface area contributed by atoms with Crippen molar-refractivity contribution in [2.45, 2.75) is 27.7 Å². The maximum absolute atomic E-state index is 4.41. The Bertz CT molecular complexity index is 343. The molecule has 1 N–H and O–H groups in total. The van der Waals surface area contributed by atoms with Crippen molar-refractivity contribution >= 4 is 12.0 Å². The number of nitrogens with zero attached hydrogens (tertiary/aromatic N) is 1. The maximum atomic E-state index is 4.41. The van der Waals surface area contributed by atoms with E-state index in [4.69, 9.17) is 0 Å². The third-order valence-corrected chi connectivity index (χ3v) is 2.27. The number of hydrogen-bond donors (Lipinski definition) is 1. The lowest BCUT2D eigenvalue weighted by Gasteiger charge is -2.03. The van der Waals surface area contributed by atoms with Gasteiger partial charge in [-0.25, -0.2) is 4.99 Å². The summed E-state index contributed by atoms with van der Waals surface area (Å²) in [4.78, 5) is 7.51. The first-order valence-electron chi connectivity index (χ1n) is 4.99. The summed E-state index contributed by atoms with van der Waals surface area (Å²) in [5, 5.41) is 0. The zero-order valence-electron chi connectivity index (χ0n) is 9.33. The molecule has 2 heteroatoms. The normalized spacial score (nSPS) is 13.1. The molecule has 0 saturated heterocycles. The minimum Gasteiger partial charge on any atom is -0.346 e. The van der Waals surface area contributed by atoms with E-state index in [-0.39, 0.29) is 0 Å². The monoisotopic (exact) mass is 190 g/mol. The molecule has 0 bridgehead atoms. The fourth-order valence-electron chi connectivity index (χ4n) is 1.27. The lowest BCUT2D eigenvalue weighted by Crippen LogP contribution is -1.94. The van der Waals surface area contributed by atoms with Gasteiger partial charge in [0.15, 0.2) is 0 Å². The third kappa shape index (κ3) is 2.59. The molecule has 0 amide bonds. The number of aliphatic imine (C=N–C) groups is 1. The first-order chi connectivity index (χ1) is 6.65. The van der Waals surface area contributed by atoms with E-state index in [2.05, 4.69) is 29.9 Å². The Morgan fingerprint density at radius 1 is 1.50 bits per heavy atom. The molecule has 0 saturated carbocycles. The smallest absolute Gasteiger partial charge is 0.132 e. The summed E-state index contributed by atoms with van der Waals surface area (Å²) < 4.78 is 0. The molecule has 0 unspecified atom stereocenters. The van der Waals surface area contributed by atoms with E-state index in [1.54, 1.807) is 0 Å². The van der Waals surface area contributed by atoms with Crippen molar-refractivity contribution in [3.8, 4) is 0 Å². The van der Waals surface area contributed by atoms with Crippen LogP contribution in [0.25, 0.3) is 0 Å². The van der Waals surface area contributed by atoms with Gasteiger partial charge in [-0.2, -0.15) is 0 Å². The average molecular weight is 190 g/mol. The second kappa shape index (κ2) is 4.80. The van der Waals surface area contributed by atoms with Crippen molar-refractivity contribution in [3.63, 3.8) is 0 Å². The third-order valence-electron chi connectivity index (χ3n) is 2.27. The number of rotatable bonds is 3. The molecule has 0 fully saturated rings. The first-order valence-corrected chi connectivity index (χ1v) is 4.99. The fraction of sp³-hybridized carbons (Fsp3) is 0.417. The highest BCUT2D eigenvalue weighted by atomic mass is 14.9. The van der Waals surface area contributed by atoms with Crippen LogP contribution < -0.4 is 0 Å². The van der Waals surface area contributed by atoms with E-state index < -0.39 is 0 Å². The molecule has 0 aromatic carbocycles. The first kappa shape index (κ1) is 10.8. The Morgan fingerprint density at radius 3 is 2.64 bits per heavy atom. The van der Waals surface area contributed by atoms with Gasteiger partial charge in [-0.3, -0.25) is 0 Å². The Kier molecular flexibility index (Phi) is 3.69. The van der Waals surface area contributed by atoms with E-state index in [1.165, 1.54) is 11.1 Å². The van der Waals surface area contributed by atoms with Crippen LogP contribution in [0.4, 0.5) is 5.82 Å². The minimum absolute atomic E-state index is 0.527. The van der Waals surface area contributed by atoms with Gasteiger partial charge in [-0.15, -0.1) is 0 Å². The molecule has 2 nitrogen and oxygen atoms in total. The fourth-order valence-corrected chi connectivity index (χ4v) is 1.27. The van der Waals surface area contributed by atoms with Crippen LogP contribution in [-0.2, 0) is 0 Å². The van der Waals surface area contributed by atoms with Crippen LogP contribution in [0.3, 0.4) is 0 Å². The summed E-state index contributed by atoms with van der Waals surface area (Å²) in [5.41, 5.74) is 2.44. The zero-order chi connectivity index (χ0) is 10.6. The van der Waals surface area contributed by atoms with Crippen LogP contribution in [0.2, 0.25) is 0 Å². The molecule has 0 spiro atoms. The summed E-state index contributed by atoms with van der Waals surface area (Å²) in [5.74, 6) is 1.48. The van der Waals surface area contributed by atoms with Crippen LogP contribution in [-0.4, -0.2) is 11.2 Å². The van der Waals surface area contributed by atoms with E-state index in [0.29, 0.717) is 5.92 Å². The number of H-pyrrole nitrogens is 1. The van der Waals surface area contributed by atoms with Gasteiger partial charge < -0.3 is 4.98 Å². The Hall–Kier alpha value is -1.31. The van der Waals surface area contributed by atoms with Gasteiger partial charge in [-0.1, -0.05) is 19.9 Å². The second-order valence-electron chi connectivity index (χ2n) is 3.71. The summed E-state index contributed by atoms with van der Waals surface area (Å²) in [6, 6.07) is 2.03. The Morgan fingerprint density at radius 2 is 2.21 bits per heavy atom. The standard InChI is InChI=1S/C12H18N2/c1-5-11(9(2)3)8-14-12-10(4)6-7-13-12/h5-9,13H,1-4H3/b11-5+,14-8?. The number of aryl methyl sites for hydroxylation is 1. The van der Waals surface area contributed by atoms with Crippen molar-refractivity contribution in [2.75, 3.05) is 0 Å². The highest BCUT2D eigenvalue weighted by Gasteiger charge is 1.99. The van der Waals surface area contributed by atoms with Gasteiger partial charge in [0, 0.05) is 12.4 Å². The van der Waals surface area contributed by atoms with Gasteiger partial charge in [0.2, 0.25) is 0 Å². The molecule has 14 heavy (non-hydrogen) atoms. The van der Waals surface area contributed by atoms with Crippen molar-refractivity contribution in [1.29, 1.82) is 0 Å². The van der Waals surface area contributed by atoms with Crippen LogP contribution in [0.5, 0.6) is 0 Å². The van der Waals surface area contributed by atoms with Crippen LogP contribution in [0.15, 0.2) is 28.9 Å². The predicted octanol–water partition coefficient (Wildman–Crippen LogP) is 3.63. The zero-order valence-corrected chi connectivity index (χ0v) is 9.33. The molecule has 0 atom stereocenters. The molecule has 0 aliphatic carbocycles. The molecule has 1 aromatic heterocycles. The highest BCUT2D eigenvalue weighted by molar-refractivity contribution is 5.81. The van der Waals surface area contributed by atoms with Crippen molar-refractivity contribution in [3.05, 3.63) is 29.5 Å². The van der Waals surface area contributed by atoms with Crippen LogP contribution in [0.1, 0.15) is 26.3 Å². The molecular weight excluding hydrogens is 172 g/mol. The van der Waals surface area contributed by atoms with Crippen LogP contribution >= 0.6 is 0 Å². The van der Waals surface area contributed by atoms with Gasteiger partial charge in [0.25, 0.3) is 0 Å². The number of nitrogens with one attached hydrogen (secondary N) is 1. The summed E-state index contributed by atoms with van der Waals surface area (Å²) >= 11 is 0. The topological polar surface area (TPSA) is 28.1 Å². The number of aromatic nitrogens is 1. The van der Waals surface area contributed by atoms with E-state index in [9.17, 15) is 0 Å². The molecule has 0 aliphatic rings. The van der Waals surface area contributed by atoms with E-state index in [0.717, 1.165) is 5.82 Å². The Balaban J connectivity index is 2.78. The molecule has 1 heterocycles. The molecule has 0 aliphatic heterocycles. The lowest BCUT2D eigenvalue weighted by atomic mass is 10.1. The molecular formula is C12H18N2. The van der Waals surface area contributed by atoms with Crippen molar-refractivity contribution < 1.29 is 0 Å². The van der Waals surface area contributed by atoms with E-state index in [1.807, 2.05) is 32.3 Å².